The van der Waals surface area contributed by atoms with Crippen LogP contribution >= 0.6 is 23.1 Å². The van der Waals surface area contributed by atoms with Crippen molar-refractivity contribution in [3.63, 3.8) is 0 Å². The number of hydrogen-bond acceptors (Lipinski definition) is 4. The number of thioether (sulfide) groups is 1. The maximum atomic E-state index is 13.8. The molecule has 1 aliphatic carbocycles. The van der Waals surface area contributed by atoms with Crippen LogP contribution < -0.4 is 5.32 Å². The molecule has 1 N–H and O–H groups in total. The summed E-state index contributed by atoms with van der Waals surface area (Å²) in [5.41, 5.74) is 0.904. The van der Waals surface area contributed by atoms with Gasteiger partial charge in [0.15, 0.2) is 0 Å². The zero-order valence-electron chi connectivity index (χ0n) is 19.9. The van der Waals surface area contributed by atoms with E-state index in [-0.39, 0.29) is 17.9 Å². The Balaban J connectivity index is 1.60. The van der Waals surface area contributed by atoms with E-state index in [1.54, 1.807) is 11.3 Å². The van der Waals surface area contributed by atoms with E-state index in [0.29, 0.717) is 24.9 Å². The number of thiophene rings is 1. The Morgan fingerprint density at radius 1 is 1.31 bits per heavy atom. The molecule has 1 fully saturated rings. The standard InChI is InChI=1S/C25H37N3O2S2/c1-5-12-31-13-7-11-28-23(29)21-15-22-20(10-14-32-22)27(21)16-25(28,4)24(30)26-19-9-6-8-17(2)18(19)3/h10,14-15,17-19H,5-9,11-13,16H2,1-4H3,(H,26,30)/t17-,18-,19+,25+/m0/s1. The molecule has 0 radical (unpaired) electrons. The van der Waals surface area contributed by atoms with Gasteiger partial charge in [-0.25, -0.2) is 0 Å². The molecule has 1 saturated carbocycles. The quantitative estimate of drug-likeness (QED) is 0.521. The molecule has 4 rings (SSSR count). The summed E-state index contributed by atoms with van der Waals surface area (Å²) >= 11 is 3.58. The second-order valence-corrected chi connectivity index (χ2v) is 12.0. The van der Waals surface area contributed by atoms with E-state index in [0.717, 1.165) is 53.1 Å². The van der Waals surface area contributed by atoms with Crippen molar-refractivity contribution in [1.82, 2.24) is 14.8 Å². The highest BCUT2D eigenvalue weighted by Crippen LogP contribution is 2.35. The minimum absolute atomic E-state index is 0.000686. The van der Waals surface area contributed by atoms with Crippen molar-refractivity contribution < 1.29 is 9.59 Å². The van der Waals surface area contributed by atoms with Crippen molar-refractivity contribution >= 4 is 45.1 Å². The molecular weight excluding hydrogens is 438 g/mol. The lowest BCUT2D eigenvalue weighted by atomic mass is 9.77. The Bertz CT molecular complexity index is 968. The van der Waals surface area contributed by atoms with Gasteiger partial charge in [-0.1, -0.05) is 33.6 Å². The van der Waals surface area contributed by atoms with Gasteiger partial charge in [0.1, 0.15) is 11.2 Å². The maximum absolute atomic E-state index is 13.8. The Morgan fingerprint density at radius 2 is 2.12 bits per heavy atom. The van der Waals surface area contributed by atoms with Crippen LogP contribution in [0.25, 0.3) is 10.2 Å². The topological polar surface area (TPSA) is 54.3 Å². The monoisotopic (exact) mass is 475 g/mol. The molecule has 3 heterocycles. The van der Waals surface area contributed by atoms with Crippen molar-refractivity contribution in [2.24, 2.45) is 11.8 Å². The summed E-state index contributed by atoms with van der Waals surface area (Å²) in [7, 11) is 0. The molecule has 2 aromatic rings. The first-order valence-electron chi connectivity index (χ1n) is 12.1. The summed E-state index contributed by atoms with van der Waals surface area (Å²) in [5.74, 6) is 3.22. The van der Waals surface area contributed by atoms with Crippen LogP contribution in [0.3, 0.4) is 0 Å². The highest BCUT2D eigenvalue weighted by Gasteiger charge is 2.48. The Kier molecular flexibility index (Phi) is 7.25. The molecule has 7 heteroatoms. The van der Waals surface area contributed by atoms with E-state index in [1.807, 2.05) is 29.7 Å². The number of carbonyl (C=O) groups excluding carboxylic acids is 2. The predicted molar refractivity (Wildman–Crippen MR) is 136 cm³/mol. The molecule has 0 saturated heterocycles. The van der Waals surface area contributed by atoms with Crippen LogP contribution in [0.4, 0.5) is 0 Å². The third-order valence-corrected chi connectivity index (χ3v) is 9.71. The van der Waals surface area contributed by atoms with E-state index >= 15 is 0 Å². The van der Waals surface area contributed by atoms with E-state index < -0.39 is 5.54 Å². The van der Waals surface area contributed by atoms with Crippen LogP contribution in [0.15, 0.2) is 17.5 Å². The number of nitrogens with one attached hydrogen (secondary N) is 1. The first-order valence-corrected chi connectivity index (χ1v) is 14.2. The van der Waals surface area contributed by atoms with Crippen molar-refractivity contribution in [2.45, 2.75) is 77.9 Å². The summed E-state index contributed by atoms with van der Waals surface area (Å²) in [5, 5.41) is 5.44. The van der Waals surface area contributed by atoms with Gasteiger partial charge in [0.05, 0.1) is 16.8 Å². The van der Waals surface area contributed by atoms with Crippen molar-refractivity contribution in [1.29, 1.82) is 0 Å². The molecule has 32 heavy (non-hydrogen) atoms. The summed E-state index contributed by atoms with van der Waals surface area (Å²) in [4.78, 5) is 29.3. The van der Waals surface area contributed by atoms with E-state index in [9.17, 15) is 9.59 Å². The van der Waals surface area contributed by atoms with E-state index in [4.69, 9.17) is 0 Å². The second kappa shape index (κ2) is 9.80. The SMILES string of the molecule is CCCSCCCN1C(=O)c2cc3sccc3n2C[C@]1(C)C(=O)N[C@@H]1CCC[C@H](C)[C@@H]1C. The third kappa shape index (κ3) is 4.35. The minimum atomic E-state index is -0.881. The lowest BCUT2D eigenvalue weighted by Gasteiger charge is -2.45. The van der Waals surface area contributed by atoms with Crippen LogP contribution in [0.5, 0.6) is 0 Å². The molecule has 1 aliphatic heterocycles. The number of aromatic nitrogens is 1. The first-order chi connectivity index (χ1) is 15.4. The largest absolute Gasteiger partial charge is 0.351 e. The number of fused-ring (bicyclic) bond motifs is 3. The molecule has 0 aromatic carbocycles. The van der Waals surface area contributed by atoms with Crippen molar-refractivity contribution in [2.75, 3.05) is 18.1 Å². The number of carbonyl (C=O) groups is 2. The highest BCUT2D eigenvalue weighted by molar-refractivity contribution is 7.99. The molecular formula is C25H37N3O2S2. The molecule has 2 aliphatic rings. The van der Waals surface area contributed by atoms with Gasteiger partial charge >= 0.3 is 0 Å². The minimum Gasteiger partial charge on any atom is -0.351 e. The first kappa shape index (κ1) is 23.7. The average molecular weight is 476 g/mol. The van der Waals surface area contributed by atoms with Gasteiger partial charge in [-0.15, -0.1) is 11.3 Å². The van der Waals surface area contributed by atoms with Gasteiger partial charge in [-0.05, 0) is 67.0 Å². The maximum Gasteiger partial charge on any atom is 0.271 e. The van der Waals surface area contributed by atoms with Gasteiger partial charge in [-0.3, -0.25) is 9.59 Å². The van der Waals surface area contributed by atoms with Crippen LogP contribution in [-0.2, 0) is 11.3 Å². The summed E-state index contributed by atoms with van der Waals surface area (Å²) < 4.78 is 3.19. The smallest absolute Gasteiger partial charge is 0.271 e. The fourth-order valence-electron chi connectivity index (χ4n) is 5.30. The summed E-state index contributed by atoms with van der Waals surface area (Å²) in [6.45, 7) is 9.83. The van der Waals surface area contributed by atoms with Crippen LogP contribution in [0.2, 0.25) is 0 Å². The number of hydrogen-bond donors (Lipinski definition) is 1. The van der Waals surface area contributed by atoms with Gasteiger partial charge < -0.3 is 14.8 Å². The predicted octanol–water partition coefficient (Wildman–Crippen LogP) is 5.39. The fourth-order valence-corrected chi connectivity index (χ4v) is 6.95. The molecule has 0 spiro atoms. The average Bonchev–Trinajstić information content (AvgIpc) is 3.36. The van der Waals surface area contributed by atoms with Crippen LogP contribution in [0.1, 0.15) is 70.3 Å². The molecule has 176 valence electrons. The zero-order valence-corrected chi connectivity index (χ0v) is 21.5. The van der Waals surface area contributed by atoms with Crippen LogP contribution in [0, 0.1) is 11.8 Å². The lowest BCUT2D eigenvalue weighted by molar-refractivity contribution is -0.134. The van der Waals surface area contributed by atoms with Gasteiger partial charge in [0.2, 0.25) is 5.91 Å². The highest BCUT2D eigenvalue weighted by atomic mass is 32.2. The Morgan fingerprint density at radius 3 is 2.91 bits per heavy atom. The van der Waals surface area contributed by atoms with Gasteiger partial charge in [-0.2, -0.15) is 11.8 Å². The number of rotatable bonds is 8. The number of amides is 2. The molecule has 0 bridgehead atoms. The Labute approximate surface area is 200 Å². The van der Waals surface area contributed by atoms with E-state index in [1.165, 1.54) is 6.42 Å². The second-order valence-electron chi connectivity index (χ2n) is 9.83. The zero-order chi connectivity index (χ0) is 22.9. The normalized spacial score (nSPS) is 28.2. The van der Waals surface area contributed by atoms with Crippen molar-refractivity contribution in [3.8, 4) is 0 Å². The Hall–Kier alpha value is -1.47. The summed E-state index contributed by atoms with van der Waals surface area (Å²) in [6.07, 6.45) is 5.48. The number of nitrogens with zero attached hydrogens (tertiary/aromatic N) is 2. The fraction of sp³-hybridized carbons (Fsp3) is 0.680. The van der Waals surface area contributed by atoms with Gasteiger partial charge in [0.25, 0.3) is 5.91 Å². The lowest BCUT2D eigenvalue weighted by Crippen LogP contribution is -2.65. The van der Waals surface area contributed by atoms with Crippen LogP contribution in [-0.4, -0.2) is 50.9 Å². The molecule has 5 nitrogen and oxygen atoms in total. The van der Waals surface area contributed by atoms with E-state index in [2.05, 4.69) is 42.1 Å². The molecule has 2 aromatic heterocycles. The molecule has 2 amide bonds. The summed E-state index contributed by atoms with van der Waals surface area (Å²) in [6, 6.07) is 4.26. The molecule has 0 unspecified atom stereocenters. The van der Waals surface area contributed by atoms with Crippen molar-refractivity contribution in [3.05, 3.63) is 23.2 Å². The molecule has 4 atom stereocenters. The third-order valence-electron chi connectivity index (χ3n) is 7.58. The van der Waals surface area contributed by atoms with Gasteiger partial charge in [0, 0.05) is 12.6 Å².